The molecule has 5 aromatic rings. The Labute approximate surface area is 477 Å². The lowest BCUT2D eigenvalue weighted by molar-refractivity contribution is -0.193. The lowest BCUT2D eigenvalue weighted by Crippen LogP contribution is -2.48. The first-order valence-corrected chi connectivity index (χ1v) is 28.2. The van der Waals surface area contributed by atoms with Crippen molar-refractivity contribution < 1.29 is 64.7 Å². The van der Waals surface area contributed by atoms with Crippen LogP contribution in [0, 0.1) is 17.8 Å². The summed E-state index contributed by atoms with van der Waals surface area (Å²) in [7, 11) is 1.86. The van der Waals surface area contributed by atoms with Crippen LogP contribution in [0.25, 0.3) is 0 Å². The molecule has 22 heteroatoms. The van der Waals surface area contributed by atoms with E-state index in [0.29, 0.717) is 58.7 Å². The van der Waals surface area contributed by atoms with Crippen LogP contribution < -0.4 is 40.0 Å². The van der Waals surface area contributed by atoms with Crippen LogP contribution in [-0.2, 0) is 25.4 Å². The molecular formula is C60H67F6N7O8S. The predicted molar refractivity (Wildman–Crippen MR) is 304 cm³/mol. The summed E-state index contributed by atoms with van der Waals surface area (Å²) >= 11 is 1.05. The molecule has 4 N–H and O–H groups in total. The van der Waals surface area contributed by atoms with Gasteiger partial charge in [0.25, 0.3) is 0 Å². The fourth-order valence-electron chi connectivity index (χ4n) is 10.4. The van der Waals surface area contributed by atoms with Crippen molar-refractivity contribution in [3.63, 3.8) is 0 Å². The number of carbonyl (C=O) groups excluding carboxylic acids is 1. The maximum absolute atomic E-state index is 14.9. The highest BCUT2D eigenvalue weighted by atomic mass is 32.2. The van der Waals surface area contributed by atoms with Gasteiger partial charge in [-0.1, -0.05) is 54.7 Å². The number of piperidine rings is 1. The third kappa shape index (κ3) is 16.2. The molecule has 9 rings (SSSR count). The summed E-state index contributed by atoms with van der Waals surface area (Å²) in [4.78, 5) is 18.2. The van der Waals surface area contributed by atoms with E-state index in [1.165, 1.54) is 23.1 Å². The Bertz CT molecular complexity index is 2940. The molecule has 4 aliphatic rings. The highest BCUT2D eigenvalue weighted by Crippen LogP contribution is 2.49. The number of halogens is 6. The number of likely N-dealkylation sites (tertiary alicyclic amines) is 1. The van der Waals surface area contributed by atoms with E-state index in [0.717, 1.165) is 54.8 Å². The molecule has 6 atom stereocenters. The molecule has 82 heavy (non-hydrogen) atoms. The van der Waals surface area contributed by atoms with Crippen molar-refractivity contribution in [3.8, 4) is 34.8 Å². The molecule has 1 amide bonds. The smallest absolute Gasteiger partial charge is 0.482 e. The number of benzene rings is 5. The second-order valence-electron chi connectivity index (χ2n) is 20.2. The van der Waals surface area contributed by atoms with Crippen LogP contribution in [0.5, 0.6) is 23.0 Å². The minimum atomic E-state index is -4.44. The molecule has 15 nitrogen and oxygen atoms in total. The Morgan fingerprint density at radius 3 is 2.22 bits per heavy atom. The number of rotatable bonds is 25. The lowest BCUT2D eigenvalue weighted by atomic mass is 9.82. The molecule has 3 aliphatic heterocycles. The minimum Gasteiger partial charge on any atom is -0.491 e. The Balaban J connectivity index is 0.604. The maximum atomic E-state index is 14.9. The van der Waals surface area contributed by atoms with Gasteiger partial charge in [-0.15, -0.1) is 0 Å². The van der Waals surface area contributed by atoms with Crippen LogP contribution >= 0.6 is 11.9 Å². The minimum absolute atomic E-state index is 0.0375. The molecule has 1 saturated heterocycles. The molecule has 1 aliphatic carbocycles. The summed E-state index contributed by atoms with van der Waals surface area (Å²) in [5.41, 5.74) is 4.30. The fraction of sp³-hybridized carbons (Fsp3) is 0.433. The largest absolute Gasteiger partial charge is 0.491 e. The zero-order valence-corrected chi connectivity index (χ0v) is 46.1. The average Bonchev–Trinajstić information content (AvgIpc) is 3.92. The monoisotopic (exact) mass is 1160 g/mol. The number of alkyl halides is 6. The Hall–Kier alpha value is -6.87. The van der Waals surface area contributed by atoms with Crippen LogP contribution in [0.2, 0.25) is 0 Å². The SMILES string of the molecule is CN1CC[C@@H](Nc2cccc3c2CC(C#CCNc2ccc(OCCOCCOCCOCCNC(=O)C(F)(F)Oc4cccc(S/N=C/C5CCCC(N6c7ccccc7Oc7ccccc76)[C@H]5O)c4)cc2)N3CC(F)(F)F)[C@@H](F)C1. The van der Waals surface area contributed by atoms with Gasteiger partial charge in [0.05, 0.1) is 81.8 Å². The number of hydrogen-bond acceptors (Lipinski definition) is 15. The highest BCUT2D eigenvalue weighted by molar-refractivity contribution is 7.98. The third-order valence-corrected chi connectivity index (χ3v) is 15.0. The molecule has 0 aromatic heterocycles. The number of hydrogen-bond donors (Lipinski definition) is 4. The van der Waals surface area contributed by atoms with Crippen molar-refractivity contribution in [2.75, 3.05) is 106 Å². The van der Waals surface area contributed by atoms with Crippen molar-refractivity contribution in [3.05, 3.63) is 121 Å². The van der Waals surface area contributed by atoms with Gasteiger partial charge in [0.2, 0.25) is 0 Å². The summed E-state index contributed by atoms with van der Waals surface area (Å²) in [6, 6.07) is 32.3. The van der Waals surface area contributed by atoms with Crippen molar-refractivity contribution >= 4 is 52.5 Å². The molecule has 1 saturated carbocycles. The number of aliphatic hydroxyl groups is 1. The van der Waals surface area contributed by atoms with E-state index < -0.39 is 49.1 Å². The molecular weight excluding hydrogens is 1090 g/mol. The number of nitrogens with zero attached hydrogens (tertiary/aromatic N) is 4. The number of ether oxygens (including phenoxy) is 6. The van der Waals surface area contributed by atoms with Crippen molar-refractivity contribution in [2.45, 2.75) is 79.7 Å². The number of fused-ring (bicyclic) bond motifs is 3. The Morgan fingerprint density at radius 1 is 0.817 bits per heavy atom. The molecule has 3 unspecified atom stereocenters. The van der Waals surface area contributed by atoms with E-state index in [-0.39, 0.29) is 76.9 Å². The van der Waals surface area contributed by atoms with Gasteiger partial charge < -0.3 is 64.2 Å². The Morgan fingerprint density at radius 2 is 1.50 bits per heavy atom. The van der Waals surface area contributed by atoms with Gasteiger partial charge in [-0.2, -0.15) is 22.0 Å². The first-order valence-electron chi connectivity index (χ1n) is 27.4. The van der Waals surface area contributed by atoms with E-state index in [1.54, 1.807) is 54.7 Å². The van der Waals surface area contributed by atoms with E-state index in [4.69, 9.17) is 28.4 Å². The van der Waals surface area contributed by atoms with Crippen molar-refractivity contribution in [1.82, 2.24) is 10.2 Å². The van der Waals surface area contributed by atoms with E-state index >= 15 is 0 Å². The van der Waals surface area contributed by atoms with Gasteiger partial charge in [0.15, 0.2) is 11.5 Å². The topological polar surface area (TPSA) is 151 Å². The van der Waals surface area contributed by atoms with Crippen molar-refractivity contribution in [2.24, 2.45) is 10.3 Å². The van der Waals surface area contributed by atoms with Gasteiger partial charge >= 0.3 is 18.2 Å². The van der Waals surface area contributed by atoms with E-state index in [1.807, 2.05) is 60.5 Å². The lowest BCUT2D eigenvalue weighted by Gasteiger charge is -2.44. The number of carbonyl (C=O) groups is 1. The summed E-state index contributed by atoms with van der Waals surface area (Å²) in [6.45, 7) is 1.35. The van der Waals surface area contributed by atoms with Gasteiger partial charge in [-0.25, -0.2) is 8.79 Å². The molecule has 5 aromatic carbocycles. The molecule has 0 radical (unpaired) electrons. The molecule has 2 fully saturated rings. The van der Waals surface area contributed by atoms with Gasteiger partial charge in [0, 0.05) is 77.7 Å². The number of para-hydroxylation sites is 4. The van der Waals surface area contributed by atoms with Crippen molar-refractivity contribution in [1.29, 1.82) is 0 Å². The number of nitrogens with one attached hydrogen (secondary N) is 3. The van der Waals surface area contributed by atoms with E-state index in [2.05, 4.69) is 37.1 Å². The molecule has 438 valence electrons. The fourth-order valence-corrected chi connectivity index (χ4v) is 11.0. The second kappa shape index (κ2) is 28.4. The average molecular weight is 1160 g/mol. The number of aliphatic hydroxyl groups excluding tert-OH is 1. The maximum Gasteiger partial charge on any atom is 0.482 e. The zero-order chi connectivity index (χ0) is 57.5. The van der Waals surface area contributed by atoms with Crippen LogP contribution in [0.1, 0.15) is 31.2 Å². The number of amides is 1. The van der Waals surface area contributed by atoms with Crippen LogP contribution in [0.4, 0.5) is 54.8 Å². The normalized spacial score (nSPS) is 20.7. The first kappa shape index (κ1) is 59.7. The summed E-state index contributed by atoms with van der Waals surface area (Å²) in [5.74, 6) is 5.97. The highest BCUT2D eigenvalue weighted by Gasteiger charge is 2.43. The Kier molecular flexibility index (Phi) is 20.7. The second-order valence-corrected chi connectivity index (χ2v) is 21.1. The zero-order valence-electron chi connectivity index (χ0n) is 45.3. The van der Waals surface area contributed by atoms with E-state index in [9.17, 15) is 36.2 Å². The first-order chi connectivity index (χ1) is 39.7. The summed E-state index contributed by atoms with van der Waals surface area (Å²) < 4.78 is 123. The number of anilines is 5. The van der Waals surface area contributed by atoms with Gasteiger partial charge in [-0.05, 0) is 105 Å². The molecule has 0 bridgehead atoms. The quantitative estimate of drug-likeness (QED) is 0.0144. The van der Waals surface area contributed by atoms with Crippen LogP contribution in [0.3, 0.4) is 0 Å². The molecule has 0 spiro atoms. The predicted octanol–water partition coefficient (Wildman–Crippen LogP) is 10.3. The molecule has 3 heterocycles. The standard InChI is InChI=1S/C60H67F6N7O8S/c1-71-28-25-50(48(61)39-71)70-49-14-8-17-51-47(49)36-43(72(51)40-59(62,63)64)11-9-26-67-42-21-23-44(24-22-42)79-35-34-78-33-32-77-31-30-76-29-27-68-58(75)60(65,66)81-45-12-7-13-46(37-45)82-69-38-41-10-6-18-54(57(41)74)73-52-15-2-4-19-55(52)80-56-20-5-3-16-53(56)73/h2-5,7-8,12-17,19-24,37-38,41,43,48,50,54,57,67,70,74H,6,10,18,25-36,39-40H2,1H3,(H,68,75)/b69-38+/t41?,43?,48-,50+,54?,57-/m0/s1. The third-order valence-electron chi connectivity index (χ3n) is 14.3. The van der Waals surface area contributed by atoms with Gasteiger partial charge in [-0.3, -0.25) is 4.79 Å². The summed E-state index contributed by atoms with van der Waals surface area (Å²) in [5, 5.41) is 20.3. The summed E-state index contributed by atoms with van der Waals surface area (Å²) in [6.07, 6.45) is -5.52. The van der Waals surface area contributed by atoms with Gasteiger partial charge in [0.1, 0.15) is 30.8 Å². The van der Waals surface area contributed by atoms with Crippen LogP contribution in [-0.4, -0.2) is 151 Å². The van der Waals surface area contributed by atoms with Crippen LogP contribution in [0.15, 0.2) is 125 Å².